The van der Waals surface area contributed by atoms with Crippen molar-refractivity contribution in [2.24, 2.45) is 5.92 Å². The van der Waals surface area contributed by atoms with Gasteiger partial charge in [-0.25, -0.2) is 0 Å². The summed E-state index contributed by atoms with van der Waals surface area (Å²) in [6, 6.07) is 0. The van der Waals surface area contributed by atoms with Crippen LogP contribution in [0.1, 0.15) is 32.1 Å². The molecule has 0 spiro atoms. The Labute approximate surface area is 97.3 Å². The van der Waals surface area contributed by atoms with Gasteiger partial charge >= 0.3 is 0 Å². The number of ether oxygens (including phenoxy) is 2. The molecule has 4 nitrogen and oxygen atoms in total. The van der Waals surface area contributed by atoms with Gasteiger partial charge in [0.15, 0.2) is 0 Å². The van der Waals surface area contributed by atoms with Crippen LogP contribution in [0.5, 0.6) is 0 Å². The van der Waals surface area contributed by atoms with E-state index in [1.165, 1.54) is 12.8 Å². The average molecular weight is 229 g/mol. The van der Waals surface area contributed by atoms with E-state index in [1.807, 2.05) is 0 Å². The third-order valence-corrected chi connectivity index (χ3v) is 3.62. The summed E-state index contributed by atoms with van der Waals surface area (Å²) < 4.78 is 10.6. The Morgan fingerprint density at radius 3 is 2.75 bits per heavy atom. The van der Waals surface area contributed by atoms with Crippen molar-refractivity contribution in [3.05, 3.63) is 0 Å². The molecule has 1 saturated heterocycles. The molecule has 1 aliphatic carbocycles. The molecule has 2 fully saturated rings. The molecule has 2 N–H and O–H groups in total. The Hall–Kier alpha value is -0.160. The van der Waals surface area contributed by atoms with Crippen LogP contribution in [-0.4, -0.2) is 43.8 Å². The van der Waals surface area contributed by atoms with E-state index >= 15 is 0 Å². The first-order valence-corrected chi connectivity index (χ1v) is 6.44. The van der Waals surface area contributed by atoms with Crippen molar-refractivity contribution in [1.82, 2.24) is 5.32 Å². The van der Waals surface area contributed by atoms with Gasteiger partial charge in [-0.05, 0) is 25.2 Å². The predicted octanol–water partition coefficient (Wildman–Crippen LogP) is 0.890. The summed E-state index contributed by atoms with van der Waals surface area (Å²) in [5.41, 5.74) is 0. The topological polar surface area (TPSA) is 50.7 Å². The fraction of sp³-hybridized carbons (Fsp3) is 1.00. The van der Waals surface area contributed by atoms with Crippen molar-refractivity contribution in [1.29, 1.82) is 0 Å². The zero-order valence-corrected chi connectivity index (χ0v) is 9.86. The van der Waals surface area contributed by atoms with E-state index in [-0.39, 0.29) is 12.2 Å². The van der Waals surface area contributed by atoms with E-state index < -0.39 is 0 Å². The van der Waals surface area contributed by atoms with Crippen LogP contribution in [0.3, 0.4) is 0 Å². The van der Waals surface area contributed by atoms with Crippen molar-refractivity contribution in [3.63, 3.8) is 0 Å². The lowest BCUT2D eigenvalue weighted by Gasteiger charge is -2.29. The molecule has 16 heavy (non-hydrogen) atoms. The van der Waals surface area contributed by atoms with Crippen molar-refractivity contribution < 1.29 is 14.6 Å². The van der Waals surface area contributed by atoms with Crippen LogP contribution >= 0.6 is 0 Å². The Bertz CT molecular complexity index is 195. The number of aliphatic hydroxyl groups is 1. The van der Waals surface area contributed by atoms with Gasteiger partial charge in [-0.15, -0.1) is 0 Å². The minimum Gasteiger partial charge on any atom is -0.393 e. The fourth-order valence-electron chi connectivity index (χ4n) is 2.52. The van der Waals surface area contributed by atoms with Crippen LogP contribution in [0.4, 0.5) is 0 Å². The Kier molecular flexibility index (Phi) is 5.03. The summed E-state index contributed by atoms with van der Waals surface area (Å²) in [6.07, 6.45) is 5.73. The van der Waals surface area contributed by atoms with Crippen LogP contribution in [0.25, 0.3) is 0 Å². The number of hydrogen-bond acceptors (Lipinski definition) is 4. The van der Waals surface area contributed by atoms with Gasteiger partial charge in [-0.3, -0.25) is 0 Å². The quantitative estimate of drug-likeness (QED) is 0.751. The lowest BCUT2D eigenvalue weighted by molar-refractivity contribution is -0.137. The first-order valence-electron chi connectivity index (χ1n) is 6.44. The maximum atomic E-state index is 9.81. The molecule has 0 bridgehead atoms. The minimum atomic E-state index is -0.100. The molecule has 2 rings (SSSR count). The first-order chi connectivity index (χ1) is 7.86. The summed E-state index contributed by atoms with van der Waals surface area (Å²) in [6.45, 7) is 3.03. The van der Waals surface area contributed by atoms with E-state index in [4.69, 9.17) is 9.47 Å². The second kappa shape index (κ2) is 6.55. The average Bonchev–Trinajstić information content (AvgIpc) is 2.33. The molecule has 2 aliphatic rings. The second-order valence-corrected chi connectivity index (χ2v) is 4.87. The van der Waals surface area contributed by atoms with Gasteiger partial charge in [0.25, 0.3) is 0 Å². The normalized spacial score (nSPS) is 36.2. The third kappa shape index (κ3) is 3.70. The standard InChI is InChI=1S/C12H23NO3/c14-12-4-2-1-3-10(12)7-13-8-11-5-6-15-9-16-11/h10-14H,1-9H2. The molecule has 3 unspecified atom stereocenters. The number of rotatable bonds is 4. The molecule has 94 valence electrons. The second-order valence-electron chi connectivity index (χ2n) is 4.87. The molecule has 1 aliphatic heterocycles. The zero-order chi connectivity index (χ0) is 11.2. The molecule has 0 aromatic heterocycles. The van der Waals surface area contributed by atoms with Crippen LogP contribution in [0, 0.1) is 5.92 Å². The van der Waals surface area contributed by atoms with Crippen molar-refractivity contribution in [3.8, 4) is 0 Å². The van der Waals surface area contributed by atoms with Crippen LogP contribution in [0.15, 0.2) is 0 Å². The highest BCUT2D eigenvalue weighted by atomic mass is 16.7. The van der Waals surface area contributed by atoms with Crippen LogP contribution in [0.2, 0.25) is 0 Å². The predicted molar refractivity (Wildman–Crippen MR) is 61.1 cm³/mol. The smallest absolute Gasteiger partial charge is 0.147 e. The monoisotopic (exact) mass is 229 g/mol. The van der Waals surface area contributed by atoms with E-state index in [0.29, 0.717) is 12.7 Å². The van der Waals surface area contributed by atoms with Crippen molar-refractivity contribution >= 4 is 0 Å². The lowest BCUT2D eigenvalue weighted by Crippen LogP contribution is -2.39. The van der Waals surface area contributed by atoms with Crippen molar-refractivity contribution in [2.45, 2.75) is 44.3 Å². The molecule has 4 heteroatoms. The molecule has 0 aromatic carbocycles. The van der Waals surface area contributed by atoms with Gasteiger partial charge in [0, 0.05) is 13.1 Å². The molecular formula is C12H23NO3. The summed E-state index contributed by atoms with van der Waals surface area (Å²) in [4.78, 5) is 0. The highest BCUT2D eigenvalue weighted by Gasteiger charge is 2.23. The fourth-order valence-corrected chi connectivity index (χ4v) is 2.52. The SMILES string of the molecule is OC1CCCCC1CNCC1CCOCO1. The summed E-state index contributed by atoms with van der Waals surface area (Å²) in [5.74, 6) is 0.439. The Morgan fingerprint density at radius 2 is 2.00 bits per heavy atom. The number of hydrogen-bond donors (Lipinski definition) is 2. The third-order valence-electron chi connectivity index (χ3n) is 3.62. The highest BCUT2D eigenvalue weighted by Crippen LogP contribution is 2.23. The van der Waals surface area contributed by atoms with E-state index in [1.54, 1.807) is 0 Å². The van der Waals surface area contributed by atoms with Gasteiger partial charge in [0.2, 0.25) is 0 Å². The maximum Gasteiger partial charge on any atom is 0.147 e. The van der Waals surface area contributed by atoms with E-state index in [0.717, 1.165) is 39.0 Å². The molecule has 0 radical (unpaired) electrons. The minimum absolute atomic E-state index is 0.100. The van der Waals surface area contributed by atoms with Gasteiger partial charge in [-0.1, -0.05) is 12.8 Å². The van der Waals surface area contributed by atoms with Gasteiger partial charge < -0.3 is 19.9 Å². The number of nitrogens with one attached hydrogen (secondary N) is 1. The lowest BCUT2D eigenvalue weighted by atomic mass is 9.86. The highest BCUT2D eigenvalue weighted by molar-refractivity contribution is 4.77. The summed E-state index contributed by atoms with van der Waals surface area (Å²) >= 11 is 0. The largest absolute Gasteiger partial charge is 0.393 e. The molecule has 0 amide bonds. The summed E-state index contributed by atoms with van der Waals surface area (Å²) in [7, 11) is 0. The van der Waals surface area contributed by atoms with Crippen molar-refractivity contribution in [2.75, 3.05) is 26.5 Å². The van der Waals surface area contributed by atoms with E-state index in [2.05, 4.69) is 5.32 Å². The maximum absolute atomic E-state index is 9.81. The van der Waals surface area contributed by atoms with Crippen LogP contribution < -0.4 is 5.32 Å². The van der Waals surface area contributed by atoms with Gasteiger partial charge in [-0.2, -0.15) is 0 Å². The van der Waals surface area contributed by atoms with Crippen LogP contribution in [-0.2, 0) is 9.47 Å². The Balaban J connectivity index is 1.59. The first kappa shape index (κ1) is 12.3. The van der Waals surface area contributed by atoms with Gasteiger partial charge in [0.05, 0.1) is 18.8 Å². The Morgan fingerprint density at radius 1 is 1.12 bits per heavy atom. The molecule has 0 aromatic rings. The molecule has 1 heterocycles. The molecular weight excluding hydrogens is 206 g/mol. The molecule has 3 atom stereocenters. The zero-order valence-electron chi connectivity index (χ0n) is 9.86. The van der Waals surface area contributed by atoms with Gasteiger partial charge in [0.1, 0.15) is 6.79 Å². The summed E-state index contributed by atoms with van der Waals surface area (Å²) in [5, 5.41) is 13.2. The molecule has 1 saturated carbocycles. The van der Waals surface area contributed by atoms with E-state index in [9.17, 15) is 5.11 Å². The number of aliphatic hydroxyl groups excluding tert-OH is 1.